The fourth-order valence-corrected chi connectivity index (χ4v) is 2.63. The third-order valence-electron chi connectivity index (χ3n) is 3.00. The number of benzene rings is 1. The van der Waals surface area contributed by atoms with Gasteiger partial charge in [-0.2, -0.15) is 5.10 Å². The lowest BCUT2D eigenvalue weighted by Gasteiger charge is -2.08. The number of carbonyl (C=O) groups is 2. The van der Waals surface area contributed by atoms with Crippen molar-refractivity contribution in [3.05, 3.63) is 34.8 Å². The maximum atomic E-state index is 11.4. The molecule has 26 heavy (non-hydrogen) atoms. The molecule has 0 amide bonds. The van der Waals surface area contributed by atoms with Crippen molar-refractivity contribution in [1.29, 1.82) is 0 Å². The number of aromatic nitrogens is 1. The van der Waals surface area contributed by atoms with Crippen LogP contribution >= 0.6 is 11.3 Å². The Labute approximate surface area is 154 Å². The molecule has 138 valence electrons. The maximum absolute atomic E-state index is 11.4. The third kappa shape index (κ3) is 5.85. The average molecular weight is 377 g/mol. The van der Waals surface area contributed by atoms with E-state index in [2.05, 4.69) is 15.5 Å². The first-order valence-corrected chi connectivity index (χ1v) is 8.65. The zero-order valence-corrected chi connectivity index (χ0v) is 15.5. The fourth-order valence-electron chi connectivity index (χ4n) is 1.97. The molecule has 0 radical (unpaired) electrons. The van der Waals surface area contributed by atoms with Gasteiger partial charge in [-0.15, -0.1) is 11.3 Å². The Morgan fingerprint density at radius 3 is 2.85 bits per heavy atom. The summed E-state index contributed by atoms with van der Waals surface area (Å²) in [5.41, 5.74) is 4.12. The number of hydrazone groups is 1. The summed E-state index contributed by atoms with van der Waals surface area (Å²) in [7, 11) is 1.49. The van der Waals surface area contributed by atoms with Crippen LogP contribution in [-0.4, -0.2) is 36.9 Å². The van der Waals surface area contributed by atoms with Crippen molar-refractivity contribution in [1.82, 2.24) is 4.98 Å². The number of carbonyl (C=O) groups excluding carboxylic acids is 2. The second kappa shape index (κ2) is 9.52. The van der Waals surface area contributed by atoms with Crippen LogP contribution in [0.25, 0.3) is 0 Å². The van der Waals surface area contributed by atoms with Crippen molar-refractivity contribution in [2.75, 3.05) is 19.1 Å². The van der Waals surface area contributed by atoms with E-state index < -0.39 is 5.97 Å². The highest BCUT2D eigenvalue weighted by atomic mass is 32.1. The van der Waals surface area contributed by atoms with Crippen LogP contribution < -0.4 is 14.9 Å². The lowest BCUT2D eigenvalue weighted by Crippen LogP contribution is -2.07. The van der Waals surface area contributed by atoms with Gasteiger partial charge in [0, 0.05) is 12.3 Å². The number of hydrogen-bond donors (Lipinski definition) is 1. The van der Waals surface area contributed by atoms with Crippen LogP contribution in [0.1, 0.15) is 25.1 Å². The van der Waals surface area contributed by atoms with Gasteiger partial charge in [-0.25, -0.2) is 4.98 Å². The molecule has 0 unspecified atom stereocenters. The Balaban J connectivity index is 1.99. The number of methoxy groups -OCH3 is 1. The topological polar surface area (TPSA) is 99.1 Å². The summed E-state index contributed by atoms with van der Waals surface area (Å²) in [4.78, 5) is 26.8. The second-order valence-electron chi connectivity index (χ2n) is 5.00. The van der Waals surface area contributed by atoms with Gasteiger partial charge in [0.2, 0.25) is 5.13 Å². The quantitative estimate of drug-likeness (QED) is 0.327. The Hall–Kier alpha value is -2.94. The molecule has 1 heterocycles. The largest absolute Gasteiger partial charge is 0.493 e. The number of esters is 2. The Morgan fingerprint density at radius 2 is 2.15 bits per heavy atom. The third-order valence-corrected chi connectivity index (χ3v) is 3.79. The molecule has 0 atom stereocenters. The molecule has 8 nitrogen and oxygen atoms in total. The van der Waals surface area contributed by atoms with Crippen molar-refractivity contribution in [3.63, 3.8) is 0 Å². The predicted molar refractivity (Wildman–Crippen MR) is 98.0 cm³/mol. The molecule has 2 aromatic rings. The summed E-state index contributed by atoms with van der Waals surface area (Å²) >= 11 is 1.33. The van der Waals surface area contributed by atoms with Crippen LogP contribution in [0.4, 0.5) is 5.13 Å². The minimum atomic E-state index is -0.438. The van der Waals surface area contributed by atoms with Crippen LogP contribution in [0, 0.1) is 0 Å². The highest BCUT2D eigenvalue weighted by Crippen LogP contribution is 2.27. The summed E-state index contributed by atoms with van der Waals surface area (Å²) in [6.45, 7) is 3.42. The zero-order chi connectivity index (χ0) is 18.9. The first-order valence-electron chi connectivity index (χ1n) is 7.77. The SMILES string of the molecule is CCOC(=O)Cc1csc(NN=Cc2ccc(OC)c(OC(C)=O)c2)n1. The van der Waals surface area contributed by atoms with E-state index in [1.807, 2.05) is 0 Å². The van der Waals surface area contributed by atoms with Crippen molar-refractivity contribution in [2.45, 2.75) is 20.3 Å². The Bertz CT molecular complexity index is 803. The number of nitrogens with one attached hydrogen (secondary N) is 1. The summed E-state index contributed by atoms with van der Waals surface area (Å²) < 4.78 is 15.1. The van der Waals surface area contributed by atoms with E-state index in [9.17, 15) is 9.59 Å². The van der Waals surface area contributed by atoms with Crippen molar-refractivity contribution in [2.24, 2.45) is 5.10 Å². The smallest absolute Gasteiger partial charge is 0.311 e. The van der Waals surface area contributed by atoms with Gasteiger partial charge in [0.25, 0.3) is 0 Å². The number of rotatable bonds is 8. The molecule has 0 saturated carbocycles. The molecule has 1 aromatic heterocycles. The summed E-state index contributed by atoms with van der Waals surface area (Å²) in [6, 6.07) is 5.09. The van der Waals surface area contributed by atoms with Gasteiger partial charge in [0.15, 0.2) is 11.5 Å². The van der Waals surface area contributed by atoms with E-state index in [0.717, 1.165) is 0 Å². The lowest BCUT2D eigenvalue weighted by molar-refractivity contribution is -0.142. The maximum Gasteiger partial charge on any atom is 0.311 e. The van der Waals surface area contributed by atoms with E-state index >= 15 is 0 Å². The number of thiazole rings is 1. The van der Waals surface area contributed by atoms with Gasteiger partial charge < -0.3 is 14.2 Å². The second-order valence-corrected chi connectivity index (χ2v) is 5.86. The summed E-state index contributed by atoms with van der Waals surface area (Å²) in [5.74, 6) is 0.0141. The van der Waals surface area contributed by atoms with E-state index in [1.54, 1.807) is 36.7 Å². The summed E-state index contributed by atoms with van der Waals surface area (Å²) in [5, 5.41) is 6.41. The first-order chi connectivity index (χ1) is 12.5. The number of ether oxygens (including phenoxy) is 3. The van der Waals surface area contributed by atoms with E-state index in [4.69, 9.17) is 14.2 Å². The standard InChI is InChI=1S/C17H19N3O5S/c1-4-24-16(22)8-13-10-26-17(19-13)20-18-9-12-5-6-14(23-3)15(7-12)25-11(2)21/h5-7,9-10H,4,8H2,1-3H3,(H,19,20). The van der Waals surface area contributed by atoms with Crippen LogP contribution in [0.15, 0.2) is 28.7 Å². The Kier molecular flexibility index (Phi) is 7.10. The van der Waals surface area contributed by atoms with Crippen molar-refractivity contribution < 1.29 is 23.8 Å². The molecule has 1 N–H and O–H groups in total. The van der Waals surface area contributed by atoms with Gasteiger partial charge in [0.1, 0.15) is 0 Å². The highest BCUT2D eigenvalue weighted by Gasteiger charge is 2.09. The monoisotopic (exact) mass is 377 g/mol. The number of nitrogens with zero attached hydrogens (tertiary/aromatic N) is 2. The molecule has 0 aliphatic carbocycles. The van der Waals surface area contributed by atoms with Crippen molar-refractivity contribution >= 4 is 34.6 Å². The minimum Gasteiger partial charge on any atom is -0.493 e. The predicted octanol–water partition coefficient (Wildman–Crippen LogP) is 2.63. The summed E-state index contributed by atoms with van der Waals surface area (Å²) in [6.07, 6.45) is 1.68. The van der Waals surface area contributed by atoms with Crippen LogP contribution in [0.5, 0.6) is 11.5 Å². The highest BCUT2D eigenvalue weighted by molar-refractivity contribution is 7.13. The molecular formula is C17H19N3O5S. The van der Waals surface area contributed by atoms with Crippen LogP contribution in [0.2, 0.25) is 0 Å². The molecule has 2 rings (SSSR count). The molecule has 0 bridgehead atoms. The van der Waals surface area contributed by atoms with E-state index in [0.29, 0.717) is 34.5 Å². The van der Waals surface area contributed by atoms with E-state index in [1.165, 1.54) is 25.4 Å². The number of anilines is 1. The Morgan fingerprint density at radius 1 is 1.35 bits per heavy atom. The molecule has 9 heteroatoms. The number of hydrogen-bond acceptors (Lipinski definition) is 9. The van der Waals surface area contributed by atoms with Gasteiger partial charge >= 0.3 is 11.9 Å². The fraction of sp³-hybridized carbons (Fsp3) is 0.294. The van der Waals surface area contributed by atoms with Gasteiger partial charge in [0.05, 0.1) is 32.0 Å². The van der Waals surface area contributed by atoms with Crippen LogP contribution in [-0.2, 0) is 20.7 Å². The minimum absolute atomic E-state index is 0.125. The van der Waals surface area contributed by atoms with Gasteiger partial charge in [-0.05, 0) is 30.7 Å². The molecule has 0 saturated heterocycles. The van der Waals surface area contributed by atoms with Crippen LogP contribution in [0.3, 0.4) is 0 Å². The molecular weight excluding hydrogens is 358 g/mol. The molecule has 1 aromatic carbocycles. The van der Waals surface area contributed by atoms with Gasteiger partial charge in [-0.3, -0.25) is 15.0 Å². The first kappa shape index (κ1) is 19.4. The molecule has 0 fully saturated rings. The average Bonchev–Trinajstić information content (AvgIpc) is 3.02. The molecule has 0 spiro atoms. The molecule has 0 aliphatic rings. The lowest BCUT2D eigenvalue weighted by atomic mass is 10.2. The zero-order valence-electron chi connectivity index (χ0n) is 14.6. The van der Waals surface area contributed by atoms with Gasteiger partial charge in [-0.1, -0.05) is 0 Å². The molecule has 0 aliphatic heterocycles. The normalized spacial score (nSPS) is 10.6. The van der Waals surface area contributed by atoms with Crippen molar-refractivity contribution in [3.8, 4) is 11.5 Å². The van der Waals surface area contributed by atoms with E-state index in [-0.39, 0.29) is 12.4 Å².